The number of carboxylic acids is 1. The van der Waals surface area contributed by atoms with Gasteiger partial charge in [0.05, 0.1) is 25.9 Å². The Morgan fingerprint density at radius 1 is 1.11 bits per heavy atom. The van der Waals surface area contributed by atoms with Gasteiger partial charge in [0.2, 0.25) is 0 Å². The number of methoxy groups -OCH3 is 1. The highest BCUT2D eigenvalue weighted by molar-refractivity contribution is 6.30. The normalized spacial score (nSPS) is 24.3. The van der Waals surface area contributed by atoms with E-state index in [1.165, 1.54) is 4.90 Å². The van der Waals surface area contributed by atoms with Crippen LogP contribution in [0, 0.1) is 11.3 Å². The summed E-state index contributed by atoms with van der Waals surface area (Å²) in [6, 6.07) is 13.0. The van der Waals surface area contributed by atoms with Crippen molar-refractivity contribution in [3.63, 3.8) is 0 Å². The molecule has 0 aromatic heterocycles. The van der Waals surface area contributed by atoms with E-state index in [0.717, 1.165) is 30.4 Å². The number of benzene rings is 2. The average molecular weight is 516 g/mol. The standard InChI is InChI=1S/C28H34ClNO6/c1-28(2,3)22-24(26(31)32)30(27(33)36-20-11-8-12-20)23(17-9-6-5-7-10-17)25(22)35-16-18-15-19(29)13-14-21(18)34-4/h5-7,9-10,13-15,20,22-25H,8,11-12,16H2,1-4H3,(H,31,32). The van der Waals surface area contributed by atoms with Crippen LogP contribution in [0.5, 0.6) is 5.75 Å². The number of amides is 1. The monoisotopic (exact) mass is 515 g/mol. The zero-order chi connectivity index (χ0) is 26.0. The molecule has 4 unspecified atom stereocenters. The highest BCUT2D eigenvalue weighted by Gasteiger charge is 2.59. The third-order valence-corrected chi connectivity index (χ3v) is 7.44. The van der Waals surface area contributed by atoms with E-state index in [0.29, 0.717) is 10.8 Å². The molecule has 1 aliphatic carbocycles. The molecule has 36 heavy (non-hydrogen) atoms. The Morgan fingerprint density at radius 3 is 2.36 bits per heavy atom. The molecule has 2 fully saturated rings. The van der Waals surface area contributed by atoms with Crippen molar-refractivity contribution in [2.45, 2.75) is 70.9 Å². The lowest BCUT2D eigenvalue weighted by Crippen LogP contribution is -2.48. The summed E-state index contributed by atoms with van der Waals surface area (Å²) in [7, 11) is 1.58. The number of aliphatic carboxylic acids is 1. The number of ether oxygens (including phenoxy) is 3. The number of carboxylic acid groups (broad SMARTS) is 1. The molecule has 1 heterocycles. The summed E-state index contributed by atoms with van der Waals surface area (Å²) in [6.45, 7) is 6.08. The second-order valence-electron chi connectivity index (χ2n) is 10.6. The van der Waals surface area contributed by atoms with Crippen molar-refractivity contribution < 1.29 is 28.9 Å². The van der Waals surface area contributed by atoms with Gasteiger partial charge in [-0.1, -0.05) is 62.7 Å². The fraction of sp³-hybridized carbons (Fsp3) is 0.500. The Balaban J connectivity index is 1.77. The minimum Gasteiger partial charge on any atom is -0.496 e. The molecule has 8 heteroatoms. The van der Waals surface area contributed by atoms with Crippen LogP contribution in [-0.4, -0.2) is 47.4 Å². The van der Waals surface area contributed by atoms with Gasteiger partial charge in [0, 0.05) is 16.5 Å². The summed E-state index contributed by atoms with van der Waals surface area (Å²) in [5.41, 5.74) is 1.04. The Labute approximate surface area is 217 Å². The van der Waals surface area contributed by atoms with Gasteiger partial charge in [-0.05, 0) is 48.4 Å². The zero-order valence-electron chi connectivity index (χ0n) is 21.1. The molecule has 7 nitrogen and oxygen atoms in total. The lowest BCUT2D eigenvalue weighted by molar-refractivity contribution is -0.145. The lowest BCUT2D eigenvalue weighted by atomic mass is 9.73. The molecule has 2 aromatic carbocycles. The zero-order valence-corrected chi connectivity index (χ0v) is 21.9. The summed E-state index contributed by atoms with van der Waals surface area (Å²) in [4.78, 5) is 27.7. The van der Waals surface area contributed by atoms with Crippen molar-refractivity contribution in [3.05, 3.63) is 64.7 Å². The number of carbonyl (C=O) groups excluding carboxylic acids is 1. The molecule has 0 spiro atoms. The van der Waals surface area contributed by atoms with Crippen LogP contribution in [0.3, 0.4) is 0 Å². The molecule has 1 saturated carbocycles. The molecule has 1 aliphatic heterocycles. The van der Waals surface area contributed by atoms with Gasteiger partial charge in [-0.3, -0.25) is 4.90 Å². The fourth-order valence-corrected chi connectivity index (χ4v) is 5.47. The van der Waals surface area contributed by atoms with Crippen LogP contribution in [0.25, 0.3) is 0 Å². The van der Waals surface area contributed by atoms with Gasteiger partial charge in [-0.15, -0.1) is 0 Å². The molecule has 0 bridgehead atoms. The van der Waals surface area contributed by atoms with E-state index in [4.69, 9.17) is 25.8 Å². The molecule has 194 valence electrons. The molecule has 1 amide bonds. The number of likely N-dealkylation sites (tertiary alicyclic amines) is 1. The van der Waals surface area contributed by atoms with Crippen molar-refractivity contribution in [1.82, 2.24) is 4.90 Å². The molecule has 4 atom stereocenters. The van der Waals surface area contributed by atoms with E-state index in [1.54, 1.807) is 25.3 Å². The largest absolute Gasteiger partial charge is 0.496 e. The van der Waals surface area contributed by atoms with Gasteiger partial charge in [0.1, 0.15) is 17.9 Å². The quantitative estimate of drug-likeness (QED) is 0.480. The van der Waals surface area contributed by atoms with E-state index < -0.39 is 41.6 Å². The number of carbonyl (C=O) groups is 2. The number of hydrogen-bond acceptors (Lipinski definition) is 5. The molecule has 4 rings (SSSR count). The van der Waals surface area contributed by atoms with E-state index in [-0.39, 0.29) is 12.7 Å². The van der Waals surface area contributed by atoms with Crippen molar-refractivity contribution in [2.24, 2.45) is 11.3 Å². The molecule has 2 aliphatic rings. The molecule has 2 aromatic rings. The van der Waals surface area contributed by atoms with Crippen LogP contribution in [0.1, 0.15) is 57.2 Å². The summed E-state index contributed by atoms with van der Waals surface area (Å²) < 4.78 is 17.8. The number of hydrogen-bond donors (Lipinski definition) is 1. The van der Waals surface area contributed by atoms with Crippen LogP contribution >= 0.6 is 11.6 Å². The summed E-state index contributed by atoms with van der Waals surface area (Å²) in [5.74, 6) is -0.968. The van der Waals surface area contributed by atoms with E-state index in [9.17, 15) is 14.7 Å². The highest BCUT2D eigenvalue weighted by atomic mass is 35.5. The van der Waals surface area contributed by atoms with Gasteiger partial charge < -0.3 is 19.3 Å². The van der Waals surface area contributed by atoms with Crippen LogP contribution < -0.4 is 4.74 Å². The predicted molar refractivity (Wildman–Crippen MR) is 136 cm³/mol. The first-order valence-corrected chi connectivity index (χ1v) is 12.7. The minimum atomic E-state index is -1.12. The summed E-state index contributed by atoms with van der Waals surface area (Å²) in [5, 5.41) is 11.0. The Hall–Kier alpha value is -2.77. The predicted octanol–water partition coefficient (Wildman–Crippen LogP) is 6.10. The molecule has 1 N–H and O–H groups in total. The first-order valence-electron chi connectivity index (χ1n) is 12.3. The van der Waals surface area contributed by atoms with Crippen molar-refractivity contribution in [2.75, 3.05) is 7.11 Å². The third-order valence-electron chi connectivity index (χ3n) is 7.20. The van der Waals surface area contributed by atoms with Crippen LogP contribution in [-0.2, 0) is 20.9 Å². The van der Waals surface area contributed by atoms with Crippen molar-refractivity contribution >= 4 is 23.7 Å². The first-order chi connectivity index (χ1) is 17.1. The van der Waals surface area contributed by atoms with Gasteiger partial charge in [0.25, 0.3) is 0 Å². The number of rotatable bonds is 7. The molecule has 1 saturated heterocycles. The second kappa shape index (κ2) is 10.7. The van der Waals surface area contributed by atoms with Crippen molar-refractivity contribution in [1.29, 1.82) is 0 Å². The Kier molecular flexibility index (Phi) is 7.81. The maximum Gasteiger partial charge on any atom is 0.411 e. The van der Waals surface area contributed by atoms with Gasteiger partial charge in [0.15, 0.2) is 0 Å². The van der Waals surface area contributed by atoms with Crippen LogP contribution in [0.15, 0.2) is 48.5 Å². The smallest absolute Gasteiger partial charge is 0.411 e. The lowest BCUT2D eigenvalue weighted by Gasteiger charge is -2.35. The fourth-order valence-electron chi connectivity index (χ4n) is 5.28. The number of nitrogens with zero attached hydrogens (tertiary/aromatic N) is 1. The highest BCUT2D eigenvalue weighted by Crippen LogP contribution is 2.50. The van der Waals surface area contributed by atoms with Gasteiger partial charge in [-0.2, -0.15) is 0 Å². The van der Waals surface area contributed by atoms with Crippen molar-refractivity contribution in [3.8, 4) is 5.75 Å². The summed E-state index contributed by atoms with van der Waals surface area (Å²) >= 11 is 6.23. The SMILES string of the molecule is COc1ccc(Cl)cc1COC1C(c2ccccc2)N(C(=O)OC2CCC2)C(C(=O)O)C1C(C)(C)C. The van der Waals surface area contributed by atoms with E-state index >= 15 is 0 Å². The maximum absolute atomic E-state index is 13.5. The molecular formula is C28H34ClNO6. The van der Waals surface area contributed by atoms with Gasteiger partial charge in [-0.25, -0.2) is 9.59 Å². The topological polar surface area (TPSA) is 85.3 Å². The molecular weight excluding hydrogens is 482 g/mol. The molecule has 0 radical (unpaired) electrons. The van der Waals surface area contributed by atoms with Gasteiger partial charge >= 0.3 is 12.1 Å². The van der Waals surface area contributed by atoms with Crippen LogP contribution in [0.2, 0.25) is 5.02 Å². The Bertz CT molecular complexity index is 1080. The maximum atomic E-state index is 13.5. The second-order valence-corrected chi connectivity index (χ2v) is 11.0. The first kappa shape index (κ1) is 26.3. The summed E-state index contributed by atoms with van der Waals surface area (Å²) in [6.07, 6.45) is 1.19. The van der Waals surface area contributed by atoms with E-state index in [2.05, 4.69) is 0 Å². The average Bonchev–Trinajstić information content (AvgIpc) is 3.16. The third kappa shape index (κ3) is 5.32. The minimum absolute atomic E-state index is 0.141. The Morgan fingerprint density at radius 2 is 1.81 bits per heavy atom. The van der Waals surface area contributed by atoms with Crippen LogP contribution in [0.4, 0.5) is 4.79 Å². The van der Waals surface area contributed by atoms with E-state index in [1.807, 2.05) is 51.1 Å². The number of halogens is 1.